The fraction of sp³-hybridized carbons (Fsp3) is 0.188. The number of rotatable bonds is 4. The maximum Gasteiger partial charge on any atom is 0.0811 e. The van der Waals surface area contributed by atoms with E-state index in [-0.39, 0.29) is 6.04 Å². The Morgan fingerprint density at radius 2 is 2.20 bits per heavy atom. The Morgan fingerprint density at radius 3 is 3.00 bits per heavy atom. The Hall–Kier alpha value is -1.75. The van der Waals surface area contributed by atoms with Crippen LogP contribution in [0.15, 0.2) is 48.1 Å². The summed E-state index contributed by atoms with van der Waals surface area (Å²) in [5, 5.41) is 4.46. The molecule has 0 bridgehead atoms. The molecule has 0 spiro atoms. The van der Waals surface area contributed by atoms with Crippen LogP contribution in [0.4, 0.5) is 0 Å². The molecule has 0 aliphatic heterocycles. The van der Waals surface area contributed by atoms with Gasteiger partial charge in [0.05, 0.1) is 6.04 Å². The number of aromatic nitrogens is 1. The average molecular weight is 283 g/mol. The van der Waals surface area contributed by atoms with Crippen LogP contribution in [0.1, 0.15) is 29.0 Å². The molecule has 0 aliphatic rings. The summed E-state index contributed by atoms with van der Waals surface area (Å²) >= 11 is 1.75. The smallest absolute Gasteiger partial charge is 0.0811 e. The minimum absolute atomic E-state index is 0.0119. The van der Waals surface area contributed by atoms with Gasteiger partial charge in [-0.1, -0.05) is 25.1 Å². The van der Waals surface area contributed by atoms with Crippen LogP contribution in [0, 0.1) is 0 Å². The van der Waals surface area contributed by atoms with Gasteiger partial charge >= 0.3 is 0 Å². The number of hydrogen-bond donors (Lipinski definition) is 2. The number of nitrogens with two attached hydrogens (primary N) is 1. The minimum Gasteiger partial charge on any atom is -0.271 e. The second-order valence-electron chi connectivity index (χ2n) is 4.71. The van der Waals surface area contributed by atoms with Crippen LogP contribution in [0.2, 0.25) is 0 Å². The van der Waals surface area contributed by atoms with E-state index in [1.165, 1.54) is 21.4 Å². The van der Waals surface area contributed by atoms with Gasteiger partial charge in [-0.25, -0.2) is 5.43 Å². The predicted molar refractivity (Wildman–Crippen MR) is 84.6 cm³/mol. The highest BCUT2D eigenvalue weighted by Crippen LogP contribution is 2.33. The number of nitrogens with one attached hydrogen (secondary N) is 1. The van der Waals surface area contributed by atoms with E-state index in [9.17, 15) is 0 Å². The third kappa shape index (κ3) is 2.22. The van der Waals surface area contributed by atoms with E-state index in [1.807, 2.05) is 18.5 Å². The van der Waals surface area contributed by atoms with Crippen LogP contribution in [0.3, 0.4) is 0 Å². The maximum absolute atomic E-state index is 5.85. The molecule has 1 atom stereocenters. The van der Waals surface area contributed by atoms with Crippen molar-refractivity contribution in [3.8, 4) is 0 Å². The molecule has 20 heavy (non-hydrogen) atoms. The fourth-order valence-corrected chi connectivity index (χ4v) is 3.66. The number of nitrogens with zero attached hydrogens (tertiary/aromatic N) is 1. The van der Waals surface area contributed by atoms with Gasteiger partial charge in [-0.15, -0.1) is 11.3 Å². The summed E-state index contributed by atoms with van der Waals surface area (Å²) in [4.78, 5) is 5.53. The summed E-state index contributed by atoms with van der Waals surface area (Å²) in [5.41, 5.74) is 5.49. The summed E-state index contributed by atoms with van der Waals surface area (Å²) in [7, 11) is 0. The molecule has 3 nitrogen and oxygen atoms in total. The van der Waals surface area contributed by atoms with Crippen LogP contribution in [-0.4, -0.2) is 4.98 Å². The van der Waals surface area contributed by atoms with E-state index in [2.05, 4.69) is 47.0 Å². The zero-order valence-corrected chi connectivity index (χ0v) is 12.2. The lowest BCUT2D eigenvalue weighted by Crippen LogP contribution is -2.29. The van der Waals surface area contributed by atoms with Gasteiger partial charge in [-0.05, 0) is 40.4 Å². The molecule has 0 amide bonds. The number of thiophene rings is 1. The normalized spacial score (nSPS) is 12.7. The van der Waals surface area contributed by atoms with E-state index in [0.29, 0.717) is 0 Å². The second-order valence-corrected chi connectivity index (χ2v) is 5.66. The van der Waals surface area contributed by atoms with E-state index in [4.69, 9.17) is 5.84 Å². The van der Waals surface area contributed by atoms with Crippen molar-refractivity contribution in [2.75, 3.05) is 0 Å². The van der Waals surface area contributed by atoms with Gasteiger partial charge in [0.15, 0.2) is 0 Å². The van der Waals surface area contributed by atoms with E-state index >= 15 is 0 Å². The van der Waals surface area contributed by atoms with Crippen molar-refractivity contribution >= 4 is 22.1 Å². The first kappa shape index (κ1) is 13.2. The Balaban J connectivity index is 2.17. The van der Waals surface area contributed by atoms with Crippen LogP contribution < -0.4 is 11.3 Å². The average Bonchev–Trinajstić information content (AvgIpc) is 2.97. The second kappa shape index (κ2) is 5.71. The van der Waals surface area contributed by atoms with E-state index in [1.54, 1.807) is 11.3 Å². The summed E-state index contributed by atoms with van der Waals surface area (Å²) in [6.45, 7) is 2.17. The van der Waals surface area contributed by atoms with Gasteiger partial charge in [-0.2, -0.15) is 0 Å². The molecule has 0 fully saturated rings. The van der Waals surface area contributed by atoms with Gasteiger partial charge in [0.25, 0.3) is 0 Å². The highest BCUT2D eigenvalue weighted by atomic mass is 32.1. The fourth-order valence-electron chi connectivity index (χ4n) is 2.59. The SMILES string of the molecule is CCc1ccsc1C(NN)c1cccc2ccncc12. The zero-order chi connectivity index (χ0) is 13.9. The van der Waals surface area contributed by atoms with E-state index < -0.39 is 0 Å². The number of aryl methyl sites for hydroxylation is 1. The topological polar surface area (TPSA) is 50.9 Å². The van der Waals surface area contributed by atoms with Crippen molar-refractivity contribution in [3.05, 3.63) is 64.1 Å². The lowest BCUT2D eigenvalue weighted by Gasteiger charge is -2.18. The predicted octanol–water partition coefficient (Wildman–Crippen LogP) is 3.41. The molecule has 2 aromatic heterocycles. The van der Waals surface area contributed by atoms with Gasteiger partial charge in [0.2, 0.25) is 0 Å². The standard InChI is InChI=1S/C16H17N3S/c1-2-11-7-9-20-16(11)15(19-17)13-5-3-4-12-6-8-18-10-14(12)13/h3-10,15,19H,2,17H2,1H3. The summed E-state index contributed by atoms with van der Waals surface area (Å²) in [6.07, 6.45) is 4.74. The van der Waals surface area contributed by atoms with Crippen LogP contribution >= 0.6 is 11.3 Å². The summed E-state index contributed by atoms with van der Waals surface area (Å²) < 4.78 is 0. The number of pyridine rings is 1. The number of benzene rings is 1. The van der Waals surface area contributed by atoms with Crippen LogP contribution in [0.25, 0.3) is 10.8 Å². The van der Waals surface area contributed by atoms with Gasteiger partial charge in [0, 0.05) is 22.7 Å². The van der Waals surface area contributed by atoms with Crippen molar-refractivity contribution < 1.29 is 0 Å². The minimum atomic E-state index is 0.0119. The van der Waals surface area contributed by atoms with Crippen LogP contribution in [0.5, 0.6) is 0 Å². The molecule has 1 aromatic carbocycles. The van der Waals surface area contributed by atoms with Crippen molar-refractivity contribution in [2.45, 2.75) is 19.4 Å². The monoisotopic (exact) mass is 283 g/mol. The summed E-state index contributed by atoms with van der Waals surface area (Å²) in [5.74, 6) is 5.85. The molecule has 1 unspecified atom stereocenters. The molecule has 2 heterocycles. The lowest BCUT2D eigenvalue weighted by molar-refractivity contribution is 0.646. The van der Waals surface area contributed by atoms with Crippen LogP contribution in [-0.2, 0) is 6.42 Å². The first-order valence-corrected chi connectivity index (χ1v) is 7.58. The highest BCUT2D eigenvalue weighted by Gasteiger charge is 2.19. The van der Waals surface area contributed by atoms with Crippen molar-refractivity contribution in [1.29, 1.82) is 0 Å². The molecular weight excluding hydrogens is 266 g/mol. The molecule has 102 valence electrons. The number of hydrogen-bond acceptors (Lipinski definition) is 4. The van der Waals surface area contributed by atoms with Gasteiger partial charge in [-0.3, -0.25) is 10.8 Å². The van der Waals surface area contributed by atoms with Gasteiger partial charge < -0.3 is 0 Å². The Morgan fingerprint density at radius 1 is 1.30 bits per heavy atom. The van der Waals surface area contributed by atoms with E-state index in [0.717, 1.165) is 11.8 Å². The third-order valence-corrected chi connectivity index (χ3v) is 4.64. The molecule has 3 N–H and O–H groups in total. The highest BCUT2D eigenvalue weighted by molar-refractivity contribution is 7.10. The molecule has 4 heteroatoms. The first-order valence-electron chi connectivity index (χ1n) is 6.70. The van der Waals surface area contributed by atoms with Crippen molar-refractivity contribution in [3.63, 3.8) is 0 Å². The Bertz CT molecular complexity index is 715. The quantitative estimate of drug-likeness (QED) is 0.570. The molecule has 3 aromatic rings. The Labute approximate surface area is 122 Å². The first-order chi connectivity index (χ1) is 9.85. The summed E-state index contributed by atoms with van der Waals surface area (Å²) in [6, 6.07) is 10.5. The maximum atomic E-state index is 5.85. The molecule has 0 radical (unpaired) electrons. The largest absolute Gasteiger partial charge is 0.271 e. The molecule has 0 saturated heterocycles. The van der Waals surface area contributed by atoms with Crippen molar-refractivity contribution in [1.82, 2.24) is 10.4 Å². The molecule has 3 rings (SSSR count). The molecule has 0 saturated carbocycles. The zero-order valence-electron chi connectivity index (χ0n) is 11.3. The number of fused-ring (bicyclic) bond motifs is 1. The molecule has 0 aliphatic carbocycles. The van der Waals surface area contributed by atoms with Gasteiger partial charge in [0.1, 0.15) is 0 Å². The third-order valence-electron chi connectivity index (χ3n) is 3.62. The molecular formula is C16H17N3S. The number of hydrazine groups is 1. The Kier molecular flexibility index (Phi) is 3.78. The van der Waals surface area contributed by atoms with Crippen molar-refractivity contribution in [2.24, 2.45) is 5.84 Å². The lowest BCUT2D eigenvalue weighted by atomic mass is 9.97.